The van der Waals surface area contributed by atoms with Gasteiger partial charge < -0.3 is 0 Å². The first kappa shape index (κ1) is 25.1. The topological polar surface area (TPSA) is 17.1 Å². The minimum Gasteiger partial charge on any atom is -0.299 e. The fourth-order valence-electron chi connectivity index (χ4n) is 3.21. The van der Waals surface area contributed by atoms with E-state index < -0.39 is 5.41 Å². The van der Waals surface area contributed by atoms with Crippen LogP contribution in [0.1, 0.15) is 79.4 Å². The van der Waals surface area contributed by atoms with Crippen LogP contribution in [0.4, 0.5) is 0 Å². The summed E-state index contributed by atoms with van der Waals surface area (Å²) in [6.07, 6.45) is 2.36. The lowest BCUT2D eigenvalue weighted by atomic mass is 9.59. The summed E-state index contributed by atoms with van der Waals surface area (Å²) in [7, 11) is 0. The summed E-state index contributed by atoms with van der Waals surface area (Å²) in [5.74, 6) is 0.333. The van der Waals surface area contributed by atoms with Gasteiger partial charge in [0, 0.05) is 6.42 Å². The molecule has 0 aliphatic rings. The van der Waals surface area contributed by atoms with Gasteiger partial charge in [0.05, 0.1) is 5.41 Å². The Balaban J connectivity index is 0.00000158. The highest BCUT2D eigenvalue weighted by Crippen LogP contribution is 2.45. The lowest BCUT2D eigenvalue weighted by Crippen LogP contribution is -2.46. The molecule has 0 fully saturated rings. The summed E-state index contributed by atoms with van der Waals surface area (Å²) in [5, 5.41) is 0. The van der Waals surface area contributed by atoms with Crippen LogP contribution in [0.2, 0.25) is 0 Å². The van der Waals surface area contributed by atoms with Crippen LogP contribution in [-0.4, -0.2) is 5.78 Å². The number of carbonyl (C=O) groups excluding carboxylic acids is 1. The summed E-state index contributed by atoms with van der Waals surface area (Å²) in [6.45, 7) is 16.7. The van der Waals surface area contributed by atoms with Gasteiger partial charge in [-0.25, -0.2) is 0 Å². The molecule has 0 N–H and O–H groups in total. The van der Waals surface area contributed by atoms with Gasteiger partial charge in [-0.1, -0.05) is 109 Å². The minimum atomic E-state index is -0.461. The first-order valence-electron chi connectivity index (χ1n) is 10.5. The molecule has 0 spiro atoms. The maximum Gasteiger partial charge on any atom is 0.143 e. The third kappa shape index (κ3) is 6.34. The number of ketones is 1. The van der Waals surface area contributed by atoms with Crippen molar-refractivity contribution in [2.24, 2.45) is 5.41 Å². The van der Waals surface area contributed by atoms with Gasteiger partial charge in [0.25, 0.3) is 0 Å². The van der Waals surface area contributed by atoms with Crippen LogP contribution in [0.15, 0.2) is 60.7 Å². The molecule has 0 radical (unpaired) electrons. The molecule has 2 aromatic carbocycles. The average Bonchev–Trinajstić information content (AvgIpc) is 2.75. The Kier molecular flexibility index (Phi) is 11.6. The van der Waals surface area contributed by atoms with Gasteiger partial charge in [-0.3, -0.25) is 4.79 Å². The van der Waals surface area contributed by atoms with Crippen molar-refractivity contribution in [3.8, 4) is 0 Å². The van der Waals surface area contributed by atoms with E-state index in [0.29, 0.717) is 12.2 Å². The third-order valence-corrected chi connectivity index (χ3v) is 5.63. The van der Waals surface area contributed by atoms with Crippen molar-refractivity contribution >= 4 is 5.78 Å². The second-order valence-electron chi connectivity index (χ2n) is 7.14. The zero-order valence-electron chi connectivity index (χ0n) is 18.8. The Morgan fingerprint density at radius 3 is 1.67 bits per heavy atom. The van der Waals surface area contributed by atoms with Crippen molar-refractivity contribution in [3.63, 3.8) is 0 Å². The maximum atomic E-state index is 13.2. The van der Waals surface area contributed by atoms with Gasteiger partial charge in [0.15, 0.2) is 0 Å². The zero-order chi connectivity index (χ0) is 20.9. The van der Waals surface area contributed by atoms with E-state index in [9.17, 15) is 4.79 Å². The highest BCUT2D eigenvalue weighted by molar-refractivity contribution is 5.90. The molecule has 0 bridgehead atoms. The Bertz CT molecular complexity index is 628. The van der Waals surface area contributed by atoms with E-state index in [2.05, 4.69) is 52.0 Å². The molecule has 0 aliphatic heterocycles. The molecule has 1 atom stereocenters. The minimum absolute atomic E-state index is 0.0812. The van der Waals surface area contributed by atoms with Gasteiger partial charge in [0.1, 0.15) is 5.78 Å². The Labute approximate surface area is 168 Å². The maximum absolute atomic E-state index is 13.2. The number of hydrogen-bond acceptors (Lipinski definition) is 1. The first-order chi connectivity index (χ1) is 12.9. The molecular formula is C26H40O. The summed E-state index contributed by atoms with van der Waals surface area (Å²) in [5.41, 5.74) is 1.82. The number of aryl methyl sites for hydroxylation is 1. The smallest absolute Gasteiger partial charge is 0.143 e. The quantitative estimate of drug-likeness (QED) is 0.491. The van der Waals surface area contributed by atoms with Gasteiger partial charge in [-0.15, -0.1) is 0 Å². The molecule has 1 nitrogen and oxygen atoms in total. The van der Waals surface area contributed by atoms with Crippen molar-refractivity contribution in [3.05, 3.63) is 71.8 Å². The van der Waals surface area contributed by atoms with Crippen LogP contribution < -0.4 is 0 Å². The molecule has 0 heterocycles. The van der Waals surface area contributed by atoms with Gasteiger partial charge in [-0.05, 0) is 36.3 Å². The lowest BCUT2D eigenvalue weighted by molar-refractivity contribution is -0.128. The van der Waals surface area contributed by atoms with Crippen LogP contribution in [0.3, 0.4) is 0 Å². The first-order valence-corrected chi connectivity index (χ1v) is 10.5. The Morgan fingerprint density at radius 2 is 1.22 bits per heavy atom. The van der Waals surface area contributed by atoms with Crippen LogP contribution in [-0.2, 0) is 16.6 Å². The molecule has 27 heavy (non-hydrogen) atoms. The highest BCUT2D eigenvalue weighted by Gasteiger charge is 2.46. The summed E-state index contributed by atoms with van der Waals surface area (Å²) >= 11 is 0. The van der Waals surface area contributed by atoms with Gasteiger partial charge in [0.2, 0.25) is 0 Å². The molecule has 0 saturated carbocycles. The molecule has 150 valence electrons. The highest BCUT2D eigenvalue weighted by atomic mass is 16.1. The molecule has 1 heteroatoms. The number of Topliss-reactive ketones (excluding diaryl/α,β-unsaturated/α-hetero) is 1. The zero-order valence-corrected chi connectivity index (χ0v) is 18.8. The summed E-state index contributed by atoms with van der Waals surface area (Å²) < 4.78 is 0. The van der Waals surface area contributed by atoms with Crippen molar-refractivity contribution < 1.29 is 4.79 Å². The average molecular weight is 369 g/mol. The molecule has 1 unspecified atom stereocenters. The van der Waals surface area contributed by atoms with Gasteiger partial charge >= 0.3 is 0 Å². The van der Waals surface area contributed by atoms with E-state index in [1.807, 2.05) is 64.1 Å². The monoisotopic (exact) mass is 368 g/mol. The van der Waals surface area contributed by atoms with Crippen LogP contribution in [0.25, 0.3) is 0 Å². The predicted molar refractivity (Wildman–Crippen MR) is 120 cm³/mol. The normalized spacial score (nSPS) is 12.6. The summed E-state index contributed by atoms with van der Waals surface area (Å²) in [4.78, 5) is 13.2. The van der Waals surface area contributed by atoms with E-state index in [1.54, 1.807) is 0 Å². The van der Waals surface area contributed by atoms with Crippen molar-refractivity contribution in [1.29, 1.82) is 0 Å². The SMILES string of the molecule is CC.CC.CCC(C)(C)C(C)(C(=O)CCc1ccccc1)c1ccccc1. The fourth-order valence-corrected chi connectivity index (χ4v) is 3.21. The fraction of sp³-hybridized carbons (Fsp3) is 0.500. The summed E-state index contributed by atoms with van der Waals surface area (Å²) in [6, 6.07) is 20.5. The standard InChI is InChI=1S/C22H28O.2C2H6/c1-5-21(2,3)22(4,19-14-10-7-11-15-19)20(23)17-16-18-12-8-6-9-13-18;2*1-2/h6-15H,5,16-17H2,1-4H3;2*1-2H3. The predicted octanol–water partition coefficient (Wildman–Crippen LogP) is 7.63. The van der Waals surface area contributed by atoms with E-state index in [4.69, 9.17) is 0 Å². The largest absolute Gasteiger partial charge is 0.299 e. The van der Waals surface area contributed by atoms with Crippen molar-refractivity contribution in [2.45, 2.75) is 80.1 Å². The number of hydrogen-bond donors (Lipinski definition) is 0. The Hall–Kier alpha value is -1.89. The molecule has 0 amide bonds. The van der Waals surface area contributed by atoms with Crippen LogP contribution in [0.5, 0.6) is 0 Å². The number of rotatable bonds is 7. The molecule has 0 aromatic heterocycles. The lowest BCUT2D eigenvalue weighted by Gasteiger charge is -2.43. The Morgan fingerprint density at radius 1 is 0.778 bits per heavy atom. The van der Waals surface area contributed by atoms with Crippen LogP contribution >= 0.6 is 0 Å². The molecule has 2 aromatic rings. The van der Waals surface area contributed by atoms with Crippen LogP contribution in [0, 0.1) is 5.41 Å². The van der Waals surface area contributed by atoms with E-state index >= 15 is 0 Å². The molecular weight excluding hydrogens is 328 g/mol. The number of carbonyl (C=O) groups is 1. The van der Waals surface area contributed by atoms with Crippen molar-refractivity contribution in [1.82, 2.24) is 0 Å². The van der Waals surface area contributed by atoms with Gasteiger partial charge in [-0.2, -0.15) is 0 Å². The third-order valence-electron chi connectivity index (χ3n) is 5.63. The van der Waals surface area contributed by atoms with Crippen molar-refractivity contribution in [2.75, 3.05) is 0 Å². The molecule has 0 aliphatic carbocycles. The van der Waals surface area contributed by atoms with E-state index in [-0.39, 0.29) is 5.41 Å². The second kappa shape index (κ2) is 12.5. The van der Waals surface area contributed by atoms with E-state index in [1.165, 1.54) is 5.56 Å². The number of benzene rings is 2. The second-order valence-corrected chi connectivity index (χ2v) is 7.14. The molecule has 0 saturated heterocycles. The molecule has 2 rings (SSSR count). The van der Waals surface area contributed by atoms with E-state index in [0.717, 1.165) is 18.4 Å².